The van der Waals surface area contributed by atoms with Gasteiger partial charge < -0.3 is 10.4 Å². The third-order valence-electron chi connectivity index (χ3n) is 3.46. The fourth-order valence-electron chi connectivity index (χ4n) is 2.45. The van der Waals surface area contributed by atoms with Crippen LogP contribution in [0.2, 0.25) is 0 Å². The molecule has 0 spiro atoms. The van der Waals surface area contributed by atoms with Gasteiger partial charge in [0.25, 0.3) is 0 Å². The largest absolute Gasteiger partial charge is 0.480 e. The summed E-state index contributed by atoms with van der Waals surface area (Å²) in [6.45, 7) is 5.36. The number of rotatable bonds is 7. The van der Waals surface area contributed by atoms with Gasteiger partial charge in [-0.3, -0.25) is 14.9 Å². The molecule has 0 radical (unpaired) electrons. The van der Waals surface area contributed by atoms with Crippen LogP contribution in [0.15, 0.2) is 0 Å². The van der Waals surface area contributed by atoms with Crippen molar-refractivity contribution >= 4 is 21.7 Å². The molecule has 1 aliphatic heterocycles. The van der Waals surface area contributed by atoms with E-state index in [1.165, 1.54) is 0 Å². The Morgan fingerprint density at radius 1 is 1.33 bits per heavy atom. The molecule has 1 saturated heterocycles. The van der Waals surface area contributed by atoms with Crippen molar-refractivity contribution in [2.75, 3.05) is 18.1 Å². The third kappa shape index (κ3) is 6.01. The van der Waals surface area contributed by atoms with E-state index in [9.17, 15) is 18.0 Å². The van der Waals surface area contributed by atoms with E-state index in [1.54, 1.807) is 6.92 Å². The topological polar surface area (TPSA) is 113 Å². The van der Waals surface area contributed by atoms with Gasteiger partial charge in [0.05, 0.1) is 23.6 Å². The molecule has 122 valence electrons. The Morgan fingerprint density at radius 2 is 1.95 bits per heavy atom. The summed E-state index contributed by atoms with van der Waals surface area (Å²) < 4.78 is 22.9. The maximum absolute atomic E-state index is 11.9. The molecule has 0 bridgehead atoms. The average molecular weight is 320 g/mol. The van der Waals surface area contributed by atoms with Crippen molar-refractivity contribution in [3.05, 3.63) is 0 Å². The summed E-state index contributed by atoms with van der Waals surface area (Å²) in [6, 6.07) is -0.782. The molecule has 2 atom stereocenters. The van der Waals surface area contributed by atoms with Gasteiger partial charge >= 0.3 is 5.97 Å². The summed E-state index contributed by atoms with van der Waals surface area (Å²) in [7, 11) is -3.09. The lowest BCUT2D eigenvalue weighted by atomic mass is 10.0. The maximum Gasteiger partial charge on any atom is 0.320 e. The standard InChI is InChI=1S/C13H24N2O5S/c1-9(2)6-10(12(17)18)14-7-11(16)15-13(3)4-5-21(19,20)8-13/h9-10,14H,4-8H2,1-3H3,(H,15,16)(H,17,18). The van der Waals surface area contributed by atoms with Crippen molar-refractivity contribution in [2.45, 2.75) is 45.2 Å². The lowest BCUT2D eigenvalue weighted by Crippen LogP contribution is -2.51. The van der Waals surface area contributed by atoms with E-state index in [0.717, 1.165) is 0 Å². The van der Waals surface area contributed by atoms with Crippen LogP contribution in [0.1, 0.15) is 33.6 Å². The van der Waals surface area contributed by atoms with Gasteiger partial charge in [-0.25, -0.2) is 8.42 Å². The monoisotopic (exact) mass is 320 g/mol. The third-order valence-corrected chi connectivity index (χ3v) is 5.36. The summed E-state index contributed by atoms with van der Waals surface area (Å²) in [5.41, 5.74) is -0.756. The predicted octanol–water partition coefficient (Wildman–Crippen LogP) is -0.231. The highest BCUT2D eigenvalue weighted by atomic mass is 32.2. The highest BCUT2D eigenvalue weighted by Crippen LogP contribution is 2.22. The number of carboxylic acids is 1. The van der Waals surface area contributed by atoms with Crippen LogP contribution in [0, 0.1) is 5.92 Å². The van der Waals surface area contributed by atoms with E-state index in [2.05, 4.69) is 10.6 Å². The average Bonchev–Trinajstić information content (AvgIpc) is 2.57. The minimum atomic E-state index is -3.09. The van der Waals surface area contributed by atoms with Gasteiger partial charge in [-0.2, -0.15) is 0 Å². The number of sulfone groups is 1. The molecule has 21 heavy (non-hydrogen) atoms. The minimum absolute atomic E-state index is 0.0694. The number of hydrogen-bond acceptors (Lipinski definition) is 5. The Kier molecular flexibility index (Phi) is 5.75. The van der Waals surface area contributed by atoms with Gasteiger partial charge in [0, 0.05) is 0 Å². The maximum atomic E-state index is 11.9. The van der Waals surface area contributed by atoms with Gasteiger partial charge in [0.1, 0.15) is 6.04 Å². The van der Waals surface area contributed by atoms with Crippen LogP contribution in [0.25, 0.3) is 0 Å². The van der Waals surface area contributed by atoms with Crippen molar-refractivity contribution in [2.24, 2.45) is 5.92 Å². The zero-order valence-corrected chi connectivity index (χ0v) is 13.5. The lowest BCUT2D eigenvalue weighted by molar-refractivity contribution is -0.140. The van der Waals surface area contributed by atoms with Gasteiger partial charge in [-0.15, -0.1) is 0 Å². The van der Waals surface area contributed by atoms with Crippen LogP contribution in [0.5, 0.6) is 0 Å². The molecule has 1 heterocycles. The minimum Gasteiger partial charge on any atom is -0.480 e. The number of aliphatic carboxylic acids is 1. The molecule has 8 heteroatoms. The number of amides is 1. The molecular formula is C13H24N2O5S. The van der Waals surface area contributed by atoms with E-state index < -0.39 is 27.4 Å². The SMILES string of the molecule is CC(C)CC(NCC(=O)NC1(C)CCS(=O)(=O)C1)C(=O)O. The van der Waals surface area contributed by atoms with Crippen LogP contribution >= 0.6 is 0 Å². The summed E-state index contributed by atoms with van der Waals surface area (Å²) in [5, 5.41) is 14.5. The summed E-state index contributed by atoms with van der Waals surface area (Å²) in [6.07, 6.45) is 0.809. The molecule has 0 aromatic heterocycles. The van der Waals surface area contributed by atoms with Crippen molar-refractivity contribution in [1.82, 2.24) is 10.6 Å². The first-order chi connectivity index (χ1) is 9.53. The van der Waals surface area contributed by atoms with E-state index in [0.29, 0.717) is 12.8 Å². The smallest absolute Gasteiger partial charge is 0.320 e. The molecule has 1 aliphatic rings. The van der Waals surface area contributed by atoms with Gasteiger partial charge in [-0.1, -0.05) is 13.8 Å². The molecule has 1 rings (SSSR count). The number of hydrogen-bond donors (Lipinski definition) is 3. The Bertz CT molecular complexity index is 503. The summed E-state index contributed by atoms with van der Waals surface area (Å²) in [5.74, 6) is -1.18. The first kappa shape index (κ1) is 17.9. The van der Waals surface area contributed by atoms with Crippen LogP contribution < -0.4 is 10.6 Å². The fraction of sp³-hybridized carbons (Fsp3) is 0.846. The van der Waals surface area contributed by atoms with Crippen molar-refractivity contribution < 1.29 is 23.1 Å². The molecule has 0 aromatic carbocycles. The highest BCUT2D eigenvalue weighted by molar-refractivity contribution is 7.91. The van der Waals surface area contributed by atoms with Gasteiger partial charge in [0.2, 0.25) is 5.91 Å². The molecule has 0 aliphatic carbocycles. The molecule has 1 fully saturated rings. The second kappa shape index (κ2) is 6.74. The molecule has 2 unspecified atom stereocenters. The number of nitrogens with one attached hydrogen (secondary N) is 2. The second-order valence-corrected chi connectivity index (χ2v) is 8.54. The fourth-order valence-corrected chi connectivity index (χ4v) is 4.54. The molecule has 1 amide bonds. The normalized spacial score (nSPS) is 25.7. The van der Waals surface area contributed by atoms with Crippen LogP contribution in [-0.4, -0.2) is 55.0 Å². The zero-order chi connectivity index (χ0) is 16.3. The van der Waals surface area contributed by atoms with E-state index in [1.807, 2.05) is 13.8 Å². The van der Waals surface area contributed by atoms with Crippen LogP contribution in [0.3, 0.4) is 0 Å². The van der Waals surface area contributed by atoms with Crippen molar-refractivity contribution in [1.29, 1.82) is 0 Å². The van der Waals surface area contributed by atoms with Crippen molar-refractivity contribution in [3.8, 4) is 0 Å². The Balaban J connectivity index is 2.48. The molecule has 0 saturated carbocycles. The highest BCUT2D eigenvalue weighted by Gasteiger charge is 2.39. The van der Waals surface area contributed by atoms with Crippen LogP contribution in [0.4, 0.5) is 0 Å². The lowest BCUT2D eigenvalue weighted by Gasteiger charge is -2.24. The number of carbonyl (C=O) groups excluding carboxylic acids is 1. The molecule has 3 N–H and O–H groups in total. The van der Waals surface area contributed by atoms with Gasteiger partial charge in [-0.05, 0) is 25.7 Å². The Labute approximate surface area is 125 Å². The van der Waals surface area contributed by atoms with Gasteiger partial charge in [0.15, 0.2) is 9.84 Å². The quantitative estimate of drug-likeness (QED) is 0.597. The second-order valence-electron chi connectivity index (χ2n) is 6.35. The molecule has 0 aromatic rings. The Hall–Kier alpha value is -1.15. The molecular weight excluding hydrogens is 296 g/mol. The van der Waals surface area contributed by atoms with Crippen LogP contribution in [-0.2, 0) is 19.4 Å². The van der Waals surface area contributed by atoms with E-state index >= 15 is 0 Å². The number of carbonyl (C=O) groups is 2. The number of carboxylic acid groups (broad SMARTS) is 1. The predicted molar refractivity (Wildman–Crippen MR) is 78.7 cm³/mol. The first-order valence-corrected chi connectivity index (χ1v) is 8.83. The van der Waals surface area contributed by atoms with E-state index in [4.69, 9.17) is 5.11 Å². The zero-order valence-electron chi connectivity index (χ0n) is 12.7. The summed E-state index contributed by atoms with van der Waals surface area (Å²) >= 11 is 0. The first-order valence-electron chi connectivity index (χ1n) is 7.01. The molecule has 7 nitrogen and oxygen atoms in total. The van der Waals surface area contributed by atoms with Crippen molar-refractivity contribution in [3.63, 3.8) is 0 Å². The summed E-state index contributed by atoms with van der Waals surface area (Å²) in [4.78, 5) is 22.9. The Morgan fingerprint density at radius 3 is 2.38 bits per heavy atom. The van der Waals surface area contributed by atoms with E-state index in [-0.39, 0.29) is 29.9 Å².